The van der Waals surface area contributed by atoms with Crippen LogP contribution in [0.4, 0.5) is 0 Å². The van der Waals surface area contributed by atoms with Crippen molar-refractivity contribution >= 4 is 22.7 Å². The van der Waals surface area contributed by atoms with E-state index in [4.69, 9.17) is 4.42 Å². The van der Waals surface area contributed by atoms with Gasteiger partial charge < -0.3 is 4.42 Å². The number of rotatable bonds is 6. The van der Waals surface area contributed by atoms with E-state index in [2.05, 4.69) is 70.6 Å². The largest absolute Gasteiger partial charge is 0.416 e. The van der Waals surface area contributed by atoms with Crippen molar-refractivity contribution in [2.75, 3.05) is 0 Å². The summed E-state index contributed by atoms with van der Waals surface area (Å²) in [6.45, 7) is 2.17. The van der Waals surface area contributed by atoms with Gasteiger partial charge in [0, 0.05) is 23.8 Å². The zero-order chi connectivity index (χ0) is 17.8. The highest BCUT2D eigenvalue weighted by atomic mass is 32.2. The van der Waals surface area contributed by atoms with Crippen LogP contribution in [0, 0.1) is 0 Å². The standard InChI is InChI=1S/C21H19N3OS/c1-15(16-7-3-2-4-8-16)13-19-23-24-21(25-19)26-14-18-10-5-9-17-11-6-12-22-20(17)18/h2-12,15H,13-14H2,1H3. The first-order valence-electron chi connectivity index (χ1n) is 8.62. The van der Waals surface area contributed by atoms with E-state index in [0.29, 0.717) is 17.0 Å². The molecule has 0 spiro atoms. The Labute approximate surface area is 156 Å². The van der Waals surface area contributed by atoms with E-state index in [1.807, 2.05) is 18.3 Å². The second-order valence-corrected chi connectivity index (χ2v) is 7.19. The molecule has 0 aliphatic rings. The predicted molar refractivity (Wildman–Crippen MR) is 104 cm³/mol. The third-order valence-electron chi connectivity index (χ3n) is 4.37. The fraction of sp³-hybridized carbons (Fsp3) is 0.190. The van der Waals surface area contributed by atoms with Gasteiger partial charge in [-0.05, 0) is 23.1 Å². The van der Waals surface area contributed by atoms with Crippen molar-refractivity contribution in [3.8, 4) is 0 Å². The topological polar surface area (TPSA) is 51.8 Å². The summed E-state index contributed by atoms with van der Waals surface area (Å²) in [5, 5.41) is 10.1. The normalized spacial score (nSPS) is 12.3. The Morgan fingerprint density at radius 2 is 1.81 bits per heavy atom. The van der Waals surface area contributed by atoms with E-state index in [0.717, 1.165) is 23.1 Å². The van der Waals surface area contributed by atoms with Crippen molar-refractivity contribution in [3.63, 3.8) is 0 Å². The number of pyridine rings is 1. The van der Waals surface area contributed by atoms with Crippen molar-refractivity contribution in [1.29, 1.82) is 0 Å². The van der Waals surface area contributed by atoms with Crippen LogP contribution in [0.25, 0.3) is 10.9 Å². The summed E-state index contributed by atoms with van der Waals surface area (Å²) >= 11 is 1.55. The van der Waals surface area contributed by atoms with Crippen LogP contribution in [0.5, 0.6) is 0 Å². The second-order valence-electron chi connectivity index (χ2n) is 6.26. The second kappa shape index (κ2) is 7.70. The molecule has 0 radical (unpaired) electrons. The Morgan fingerprint density at radius 1 is 0.962 bits per heavy atom. The number of nitrogens with zero attached hydrogens (tertiary/aromatic N) is 3. The van der Waals surface area contributed by atoms with E-state index < -0.39 is 0 Å². The minimum absolute atomic E-state index is 0.344. The Kier molecular flexibility index (Phi) is 4.97. The molecule has 0 saturated carbocycles. The molecule has 0 fully saturated rings. The Bertz CT molecular complexity index is 995. The van der Waals surface area contributed by atoms with Crippen molar-refractivity contribution in [1.82, 2.24) is 15.2 Å². The molecular formula is C21H19N3OS. The van der Waals surface area contributed by atoms with Gasteiger partial charge in [-0.1, -0.05) is 73.3 Å². The maximum absolute atomic E-state index is 5.83. The monoisotopic (exact) mass is 361 g/mol. The van der Waals surface area contributed by atoms with E-state index in [1.165, 1.54) is 11.1 Å². The fourth-order valence-electron chi connectivity index (χ4n) is 2.96. The summed E-state index contributed by atoms with van der Waals surface area (Å²) in [5.41, 5.74) is 3.48. The van der Waals surface area contributed by atoms with Gasteiger partial charge in [-0.3, -0.25) is 4.98 Å². The molecule has 0 aliphatic carbocycles. The fourth-order valence-corrected chi connectivity index (χ4v) is 3.73. The van der Waals surface area contributed by atoms with Gasteiger partial charge in [0.05, 0.1) is 5.52 Å². The van der Waals surface area contributed by atoms with Crippen LogP contribution in [-0.2, 0) is 12.2 Å². The molecule has 4 rings (SSSR count). The molecule has 2 aromatic heterocycles. The zero-order valence-corrected chi connectivity index (χ0v) is 15.3. The minimum atomic E-state index is 0.344. The Morgan fingerprint density at radius 3 is 2.69 bits per heavy atom. The first-order chi connectivity index (χ1) is 12.8. The average Bonchev–Trinajstić information content (AvgIpc) is 3.14. The van der Waals surface area contributed by atoms with Gasteiger partial charge in [-0.25, -0.2) is 0 Å². The average molecular weight is 361 g/mol. The summed E-state index contributed by atoms with van der Waals surface area (Å²) in [7, 11) is 0. The van der Waals surface area contributed by atoms with Crippen LogP contribution in [0.3, 0.4) is 0 Å². The van der Waals surface area contributed by atoms with E-state index in [1.54, 1.807) is 11.8 Å². The molecule has 1 atom stereocenters. The molecule has 5 heteroatoms. The van der Waals surface area contributed by atoms with Gasteiger partial charge in [0.2, 0.25) is 5.89 Å². The van der Waals surface area contributed by atoms with Crippen molar-refractivity contribution in [2.45, 2.75) is 30.2 Å². The molecule has 4 nitrogen and oxygen atoms in total. The summed E-state index contributed by atoms with van der Waals surface area (Å²) in [5.74, 6) is 1.78. The number of hydrogen-bond donors (Lipinski definition) is 0. The third-order valence-corrected chi connectivity index (χ3v) is 5.23. The van der Waals surface area contributed by atoms with Crippen molar-refractivity contribution in [3.05, 3.63) is 83.9 Å². The van der Waals surface area contributed by atoms with Gasteiger partial charge in [0.1, 0.15) is 0 Å². The summed E-state index contributed by atoms with van der Waals surface area (Å²) in [6, 6.07) is 20.7. The molecule has 0 saturated heterocycles. The first kappa shape index (κ1) is 16.8. The molecule has 0 N–H and O–H groups in total. The number of thioether (sulfide) groups is 1. The zero-order valence-electron chi connectivity index (χ0n) is 14.5. The van der Waals surface area contributed by atoms with Crippen molar-refractivity contribution in [2.24, 2.45) is 0 Å². The highest BCUT2D eigenvalue weighted by molar-refractivity contribution is 7.98. The molecule has 2 aromatic carbocycles. The smallest absolute Gasteiger partial charge is 0.276 e. The number of aromatic nitrogens is 3. The van der Waals surface area contributed by atoms with Crippen LogP contribution in [-0.4, -0.2) is 15.2 Å². The lowest BCUT2D eigenvalue weighted by atomic mass is 9.98. The van der Waals surface area contributed by atoms with Gasteiger partial charge in [-0.2, -0.15) is 0 Å². The van der Waals surface area contributed by atoms with Crippen LogP contribution in [0.15, 0.2) is 76.5 Å². The van der Waals surface area contributed by atoms with Gasteiger partial charge in [-0.15, -0.1) is 10.2 Å². The summed E-state index contributed by atoms with van der Waals surface area (Å²) in [6.07, 6.45) is 2.57. The maximum atomic E-state index is 5.83. The lowest BCUT2D eigenvalue weighted by molar-refractivity contribution is 0.404. The molecule has 0 bridgehead atoms. The number of hydrogen-bond acceptors (Lipinski definition) is 5. The molecule has 130 valence electrons. The minimum Gasteiger partial charge on any atom is -0.416 e. The quantitative estimate of drug-likeness (QED) is 0.439. The predicted octanol–water partition coefficient (Wildman–Crippen LogP) is 5.26. The number of fused-ring (bicyclic) bond motifs is 1. The van der Waals surface area contributed by atoms with Crippen LogP contribution in [0.1, 0.15) is 29.9 Å². The number of benzene rings is 2. The van der Waals surface area contributed by atoms with Crippen LogP contribution in [0.2, 0.25) is 0 Å². The van der Waals surface area contributed by atoms with Crippen LogP contribution >= 0.6 is 11.8 Å². The Hall–Kier alpha value is -2.66. The summed E-state index contributed by atoms with van der Waals surface area (Å²) < 4.78 is 5.83. The van der Waals surface area contributed by atoms with Gasteiger partial charge >= 0.3 is 0 Å². The van der Waals surface area contributed by atoms with E-state index in [9.17, 15) is 0 Å². The molecular weight excluding hydrogens is 342 g/mol. The first-order valence-corrected chi connectivity index (χ1v) is 9.61. The molecule has 26 heavy (non-hydrogen) atoms. The molecule has 0 aliphatic heterocycles. The van der Waals surface area contributed by atoms with E-state index in [-0.39, 0.29) is 0 Å². The van der Waals surface area contributed by atoms with Gasteiger partial charge in [0.15, 0.2) is 0 Å². The highest BCUT2D eigenvalue weighted by Gasteiger charge is 2.13. The molecule has 1 unspecified atom stereocenters. The SMILES string of the molecule is CC(Cc1nnc(SCc2cccc3cccnc23)o1)c1ccccc1. The lowest BCUT2D eigenvalue weighted by Crippen LogP contribution is -1.98. The lowest BCUT2D eigenvalue weighted by Gasteiger charge is -2.08. The molecule has 0 amide bonds. The highest BCUT2D eigenvalue weighted by Crippen LogP contribution is 2.27. The van der Waals surface area contributed by atoms with E-state index >= 15 is 0 Å². The maximum Gasteiger partial charge on any atom is 0.276 e. The van der Waals surface area contributed by atoms with Gasteiger partial charge in [0.25, 0.3) is 5.22 Å². The third kappa shape index (κ3) is 3.78. The Balaban J connectivity index is 1.42. The van der Waals surface area contributed by atoms with Crippen LogP contribution < -0.4 is 0 Å². The van der Waals surface area contributed by atoms with Crippen molar-refractivity contribution < 1.29 is 4.42 Å². The number of para-hydroxylation sites is 1. The molecule has 2 heterocycles. The summed E-state index contributed by atoms with van der Waals surface area (Å²) in [4.78, 5) is 4.49. The molecule has 4 aromatic rings.